The van der Waals surface area contributed by atoms with E-state index >= 15 is 0 Å². The fourth-order valence-electron chi connectivity index (χ4n) is 4.56. The van der Waals surface area contributed by atoms with Gasteiger partial charge in [0.1, 0.15) is 30.5 Å². The third-order valence-corrected chi connectivity index (χ3v) is 6.41. The topological polar surface area (TPSA) is 84.8 Å². The highest BCUT2D eigenvalue weighted by atomic mass is 16.9. The second-order valence-electron chi connectivity index (χ2n) is 9.46. The van der Waals surface area contributed by atoms with Crippen LogP contribution in [0.2, 0.25) is 0 Å². The van der Waals surface area contributed by atoms with Crippen molar-refractivity contribution in [2.45, 2.75) is 109 Å². The van der Waals surface area contributed by atoms with Crippen molar-refractivity contribution in [3.8, 4) is 0 Å². The van der Waals surface area contributed by atoms with Gasteiger partial charge < -0.3 is 38.3 Å². The van der Waals surface area contributed by atoms with E-state index in [4.69, 9.17) is 33.2 Å². The maximum Gasteiger partial charge on any atom is 0.190 e. The molecule has 4 unspecified atom stereocenters. The summed E-state index contributed by atoms with van der Waals surface area (Å²) in [6.45, 7) is 13.8. The first-order valence-electron chi connectivity index (χ1n) is 10.3. The average molecular weight is 402 g/mol. The van der Waals surface area contributed by atoms with Crippen LogP contribution in [0.15, 0.2) is 0 Å². The van der Waals surface area contributed by atoms with Gasteiger partial charge in [-0.25, -0.2) is 0 Å². The van der Waals surface area contributed by atoms with Gasteiger partial charge in [-0.05, 0) is 46.5 Å². The van der Waals surface area contributed by atoms with Crippen molar-refractivity contribution >= 4 is 0 Å². The Morgan fingerprint density at radius 2 is 1.39 bits per heavy atom. The van der Waals surface area contributed by atoms with E-state index in [2.05, 4.69) is 6.92 Å². The van der Waals surface area contributed by atoms with E-state index in [0.29, 0.717) is 0 Å². The molecule has 0 amide bonds. The summed E-state index contributed by atoms with van der Waals surface area (Å²) in [5.74, 6) is -1.17. The summed E-state index contributed by atoms with van der Waals surface area (Å²) >= 11 is 0. The zero-order valence-corrected chi connectivity index (χ0v) is 17.8. The van der Waals surface area contributed by atoms with Gasteiger partial charge in [-0.3, -0.25) is 0 Å². The van der Waals surface area contributed by atoms with Crippen LogP contribution >= 0.6 is 0 Å². The molecule has 0 aromatic carbocycles. The number of rotatable bonds is 3. The summed E-state index contributed by atoms with van der Waals surface area (Å²) in [4.78, 5) is 0. The van der Waals surface area contributed by atoms with Crippen LogP contribution in [0.1, 0.15) is 48.5 Å². The van der Waals surface area contributed by atoms with E-state index < -0.39 is 36.4 Å². The van der Waals surface area contributed by atoms with Gasteiger partial charge >= 0.3 is 0 Å². The average Bonchev–Trinajstić information content (AvgIpc) is 3.09. The molecule has 4 aliphatic rings. The van der Waals surface area contributed by atoms with Crippen LogP contribution < -0.4 is 0 Å². The quantitative estimate of drug-likeness (QED) is 0.765. The lowest BCUT2D eigenvalue weighted by Crippen LogP contribution is -2.57. The number of aliphatic hydroxyl groups is 1. The molecule has 28 heavy (non-hydrogen) atoms. The van der Waals surface area contributed by atoms with Crippen molar-refractivity contribution in [1.82, 2.24) is 0 Å². The SMILES string of the molecule is CC1O[C@H](OCC2O[C@@H]3OC(C)(C)OC3[C@H]3OC(C)(C)O[C@@H]23)C(O)[C@@H](C)[C@H]1C. The summed E-state index contributed by atoms with van der Waals surface area (Å²) in [5, 5.41) is 10.6. The monoisotopic (exact) mass is 402 g/mol. The molecule has 0 saturated carbocycles. The Hall–Kier alpha value is -0.320. The van der Waals surface area contributed by atoms with Gasteiger partial charge in [-0.2, -0.15) is 0 Å². The molecule has 4 fully saturated rings. The molecule has 4 aliphatic heterocycles. The van der Waals surface area contributed by atoms with Crippen molar-refractivity contribution in [3.05, 3.63) is 0 Å². The minimum atomic E-state index is -0.755. The number of hydrogen-bond acceptors (Lipinski definition) is 8. The molecule has 0 aliphatic carbocycles. The first-order valence-corrected chi connectivity index (χ1v) is 10.3. The molecule has 0 radical (unpaired) electrons. The molecule has 0 aromatic heterocycles. The van der Waals surface area contributed by atoms with E-state index in [1.54, 1.807) is 0 Å². The van der Waals surface area contributed by atoms with E-state index in [1.807, 2.05) is 41.5 Å². The van der Waals surface area contributed by atoms with Gasteiger partial charge in [0.15, 0.2) is 24.2 Å². The Kier molecular flexibility index (Phi) is 5.33. The minimum Gasteiger partial charge on any atom is -0.388 e. The van der Waals surface area contributed by atoms with Gasteiger partial charge in [0.05, 0.1) is 12.7 Å². The van der Waals surface area contributed by atoms with Crippen molar-refractivity contribution in [2.75, 3.05) is 6.61 Å². The van der Waals surface area contributed by atoms with Crippen molar-refractivity contribution in [3.63, 3.8) is 0 Å². The lowest BCUT2D eigenvalue weighted by atomic mass is 9.84. The molecule has 162 valence electrons. The zero-order chi connectivity index (χ0) is 20.4. The molecule has 0 aromatic rings. The standard InChI is InChI=1S/C20H34O8/c1-9-10(2)13(21)17(23-11(9)3)22-8-12-14-15(26-19(4,5)25-14)16-18(24-12)28-20(6,7)27-16/h9-18,21H,8H2,1-7H3/t9-,10+,11?,12?,13?,14+,15+,16?,17+,18-/m1/s1. The molecular weight excluding hydrogens is 368 g/mol. The smallest absolute Gasteiger partial charge is 0.190 e. The molecule has 8 heteroatoms. The van der Waals surface area contributed by atoms with Crippen LogP contribution in [0.5, 0.6) is 0 Å². The first-order chi connectivity index (χ1) is 13.0. The predicted molar refractivity (Wildman–Crippen MR) is 97.1 cm³/mol. The Morgan fingerprint density at radius 3 is 2.11 bits per heavy atom. The number of fused-ring (bicyclic) bond motifs is 3. The Labute approximate surface area is 166 Å². The predicted octanol–water partition coefficient (Wildman–Crippen LogP) is 1.78. The highest BCUT2D eigenvalue weighted by Gasteiger charge is 2.60. The van der Waals surface area contributed by atoms with Gasteiger partial charge in [0.2, 0.25) is 0 Å². The van der Waals surface area contributed by atoms with Gasteiger partial charge in [0.25, 0.3) is 0 Å². The summed E-state index contributed by atoms with van der Waals surface area (Å²) in [7, 11) is 0. The van der Waals surface area contributed by atoms with Crippen LogP contribution in [0.3, 0.4) is 0 Å². The highest BCUT2D eigenvalue weighted by Crippen LogP contribution is 2.44. The molecule has 4 saturated heterocycles. The fraction of sp³-hybridized carbons (Fsp3) is 1.00. The van der Waals surface area contributed by atoms with Crippen LogP contribution in [0.4, 0.5) is 0 Å². The van der Waals surface area contributed by atoms with Gasteiger partial charge in [0, 0.05) is 0 Å². The Morgan fingerprint density at radius 1 is 0.786 bits per heavy atom. The summed E-state index contributed by atoms with van der Waals surface area (Å²) < 4.78 is 42.1. The van der Waals surface area contributed by atoms with Crippen LogP contribution in [0, 0.1) is 11.8 Å². The molecule has 10 atom stereocenters. The maximum atomic E-state index is 10.6. The maximum absolute atomic E-state index is 10.6. The first kappa shape index (κ1) is 20.9. The highest BCUT2D eigenvalue weighted by molar-refractivity contribution is 5.00. The summed E-state index contributed by atoms with van der Waals surface area (Å²) in [6, 6.07) is 0. The number of ether oxygens (including phenoxy) is 7. The Balaban J connectivity index is 1.45. The Bertz CT molecular complexity index is 581. The van der Waals surface area contributed by atoms with Crippen molar-refractivity contribution in [2.24, 2.45) is 11.8 Å². The van der Waals surface area contributed by atoms with Crippen LogP contribution in [0.25, 0.3) is 0 Å². The van der Waals surface area contributed by atoms with E-state index in [9.17, 15) is 5.11 Å². The van der Waals surface area contributed by atoms with Crippen LogP contribution in [-0.4, -0.2) is 72.5 Å². The number of hydrogen-bond donors (Lipinski definition) is 1. The summed E-state index contributed by atoms with van der Waals surface area (Å²) in [5.41, 5.74) is 0. The normalized spacial score (nSPS) is 52.3. The molecular formula is C20H34O8. The summed E-state index contributed by atoms with van der Waals surface area (Å²) in [6.07, 6.45) is -3.42. The van der Waals surface area contributed by atoms with E-state index in [-0.39, 0.29) is 42.9 Å². The van der Waals surface area contributed by atoms with Crippen molar-refractivity contribution in [1.29, 1.82) is 0 Å². The third-order valence-electron chi connectivity index (χ3n) is 6.41. The minimum absolute atomic E-state index is 0.00478. The molecule has 1 N–H and O–H groups in total. The lowest BCUT2D eigenvalue weighted by molar-refractivity contribution is -0.293. The van der Waals surface area contributed by atoms with E-state index in [0.717, 1.165) is 0 Å². The molecule has 8 nitrogen and oxygen atoms in total. The van der Waals surface area contributed by atoms with Crippen LogP contribution in [-0.2, 0) is 33.2 Å². The molecule has 4 rings (SSSR count). The fourth-order valence-corrected chi connectivity index (χ4v) is 4.56. The molecule has 0 spiro atoms. The van der Waals surface area contributed by atoms with Crippen molar-refractivity contribution < 1.29 is 38.3 Å². The lowest BCUT2D eigenvalue weighted by Gasteiger charge is -2.42. The largest absolute Gasteiger partial charge is 0.388 e. The number of aliphatic hydroxyl groups excluding tert-OH is 1. The van der Waals surface area contributed by atoms with Gasteiger partial charge in [-0.15, -0.1) is 0 Å². The van der Waals surface area contributed by atoms with E-state index in [1.165, 1.54) is 0 Å². The molecule has 0 bridgehead atoms. The van der Waals surface area contributed by atoms with Gasteiger partial charge in [-0.1, -0.05) is 13.8 Å². The second-order valence-corrected chi connectivity index (χ2v) is 9.46. The third kappa shape index (κ3) is 3.74. The zero-order valence-electron chi connectivity index (χ0n) is 17.8. The molecule has 4 heterocycles. The second kappa shape index (κ2) is 7.13.